The normalized spacial score (nSPS) is 40.8. The molecule has 2 bridgehead atoms. The van der Waals surface area contributed by atoms with Crippen LogP contribution in [0.15, 0.2) is 0 Å². The van der Waals surface area contributed by atoms with Gasteiger partial charge in [0.15, 0.2) is 0 Å². The molecular formula is C20H36N2O2. The zero-order valence-electron chi connectivity index (χ0n) is 15.5. The third-order valence-electron chi connectivity index (χ3n) is 6.59. The summed E-state index contributed by atoms with van der Waals surface area (Å²) in [6.45, 7) is 4.36. The highest BCUT2D eigenvalue weighted by Gasteiger charge is 2.40. The van der Waals surface area contributed by atoms with Gasteiger partial charge < -0.3 is 15.8 Å². The molecule has 5 atom stereocenters. The summed E-state index contributed by atoms with van der Waals surface area (Å²) < 4.78 is 6.22. The van der Waals surface area contributed by atoms with Crippen molar-refractivity contribution in [3.8, 4) is 0 Å². The van der Waals surface area contributed by atoms with Crippen molar-refractivity contribution in [2.75, 3.05) is 0 Å². The van der Waals surface area contributed by atoms with E-state index >= 15 is 0 Å². The second-order valence-corrected chi connectivity index (χ2v) is 8.64. The van der Waals surface area contributed by atoms with E-state index in [1.165, 1.54) is 32.1 Å². The van der Waals surface area contributed by atoms with Gasteiger partial charge in [0.1, 0.15) is 6.10 Å². The average molecular weight is 337 g/mol. The van der Waals surface area contributed by atoms with Gasteiger partial charge in [-0.25, -0.2) is 0 Å². The Kier molecular flexibility index (Phi) is 6.20. The van der Waals surface area contributed by atoms with Crippen LogP contribution in [-0.4, -0.2) is 30.2 Å². The molecule has 3 saturated carbocycles. The van der Waals surface area contributed by atoms with E-state index < -0.39 is 0 Å². The Morgan fingerprint density at radius 1 is 1.12 bits per heavy atom. The van der Waals surface area contributed by atoms with Crippen LogP contribution >= 0.6 is 0 Å². The molecular weight excluding hydrogens is 300 g/mol. The molecule has 138 valence electrons. The van der Waals surface area contributed by atoms with E-state index in [4.69, 9.17) is 10.5 Å². The van der Waals surface area contributed by atoms with Crippen molar-refractivity contribution in [2.24, 2.45) is 23.5 Å². The summed E-state index contributed by atoms with van der Waals surface area (Å²) in [6, 6.07) is 0.657. The summed E-state index contributed by atoms with van der Waals surface area (Å²) in [7, 11) is 0. The molecule has 0 aliphatic heterocycles. The van der Waals surface area contributed by atoms with E-state index in [-0.39, 0.29) is 18.1 Å². The summed E-state index contributed by atoms with van der Waals surface area (Å²) in [5, 5.41) is 3.37. The first kappa shape index (κ1) is 18.2. The van der Waals surface area contributed by atoms with Gasteiger partial charge >= 0.3 is 0 Å². The number of rotatable bonds is 5. The highest BCUT2D eigenvalue weighted by atomic mass is 16.5. The molecule has 3 N–H and O–H groups in total. The maximum atomic E-state index is 12.8. The van der Waals surface area contributed by atoms with Gasteiger partial charge in [-0.3, -0.25) is 4.79 Å². The number of fused-ring (bicyclic) bond motifs is 2. The molecule has 3 aliphatic rings. The van der Waals surface area contributed by atoms with Gasteiger partial charge in [-0.2, -0.15) is 0 Å². The van der Waals surface area contributed by atoms with Gasteiger partial charge in [-0.05, 0) is 62.7 Å². The molecule has 3 rings (SSSR count). The molecule has 0 saturated heterocycles. The molecule has 0 heterocycles. The van der Waals surface area contributed by atoms with E-state index in [2.05, 4.69) is 19.2 Å². The first-order valence-electron chi connectivity index (χ1n) is 10.3. The Hall–Kier alpha value is -0.610. The Morgan fingerprint density at radius 2 is 1.79 bits per heavy atom. The summed E-state index contributed by atoms with van der Waals surface area (Å²) in [5.41, 5.74) is 6.20. The first-order valence-corrected chi connectivity index (χ1v) is 10.3. The summed E-state index contributed by atoms with van der Waals surface area (Å²) in [4.78, 5) is 12.8. The van der Waals surface area contributed by atoms with Crippen molar-refractivity contribution in [3.05, 3.63) is 0 Å². The minimum Gasteiger partial charge on any atom is -0.365 e. The fraction of sp³-hybridized carbons (Fsp3) is 0.950. The second kappa shape index (κ2) is 8.18. The van der Waals surface area contributed by atoms with Crippen molar-refractivity contribution >= 4 is 5.91 Å². The standard InChI is InChI=1S/C20H36N2O2/c1-3-18(24-17-9-4-6-13(2)10-17)20(23)22-19-14-7-5-8-15(19)12-16(21)11-14/h13-19H,3-12,21H2,1-2H3,(H,22,23). The highest BCUT2D eigenvalue weighted by Crippen LogP contribution is 2.39. The van der Waals surface area contributed by atoms with E-state index in [1.54, 1.807) is 0 Å². The number of hydrogen-bond donors (Lipinski definition) is 2. The van der Waals surface area contributed by atoms with Crippen LogP contribution in [0.25, 0.3) is 0 Å². The molecule has 0 spiro atoms. The van der Waals surface area contributed by atoms with Crippen molar-refractivity contribution in [3.63, 3.8) is 0 Å². The van der Waals surface area contributed by atoms with E-state index in [0.717, 1.165) is 38.0 Å². The zero-order chi connectivity index (χ0) is 17.1. The van der Waals surface area contributed by atoms with Gasteiger partial charge in [0.25, 0.3) is 0 Å². The number of nitrogens with one attached hydrogen (secondary N) is 1. The number of amides is 1. The summed E-state index contributed by atoms with van der Waals surface area (Å²) in [6.07, 6.45) is 11.4. The van der Waals surface area contributed by atoms with Crippen LogP contribution in [0.3, 0.4) is 0 Å². The molecule has 5 unspecified atom stereocenters. The predicted molar refractivity (Wildman–Crippen MR) is 96.6 cm³/mol. The van der Waals surface area contributed by atoms with Crippen LogP contribution in [0.2, 0.25) is 0 Å². The number of nitrogens with two attached hydrogens (primary N) is 1. The van der Waals surface area contributed by atoms with Crippen LogP contribution in [0.1, 0.15) is 78.1 Å². The molecule has 3 fully saturated rings. The monoisotopic (exact) mass is 336 g/mol. The van der Waals surface area contributed by atoms with Crippen molar-refractivity contribution in [1.82, 2.24) is 5.32 Å². The summed E-state index contributed by atoms with van der Waals surface area (Å²) >= 11 is 0. The van der Waals surface area contributed by atoms with Crippen molar-refractivity contribution in [2.45, 2.75) is 102 Å². The third-order valence-corrected chi connectivity index (χ3v) is 6.59. The van der Waals surface area contributed by atoms with E-state index in [0.29, 0.717) is 23.9 Å². The lowest BCUT2D eigenvalue weighted by Crippen LogP contribution is -2.55. The predicted octanol–water partition coefficient (Wildman–Crippen LogP) is 3.38. The third kappa shape index (κ3) is 4.32. The van der Waals surface area contributed by atoms with Crippen LogP contribution in [-0.2, 0) is 9.53 Å². The minimum absolute atomic E-state index is 0.119. The first-order chi connectivity index (χ1) is 11.6. The number of ether oxygens (including phenoxy) is 1. The number of carbonyl (C=O) groups is 1. The lowest BCUT2D eigenvalue weighted by Gasteiger charge is -2.45. The van der Waals surface area contributed by atoms with E-state index in [9.17, 15) is 4.79 Å². The Balaban J connectivity index is 1.56. The van der Waals surface area contributed by atoms with Crippen molar-refractivity contribution in [1.29, 1.82) is 0 Å². The van der Waals surface area contributed by atoms with Gasteiger partial charge in [0, 0.05) is 12.1 Å². The topological polar surface area (TPSA) is 64.3 Å². The largest absolute Gasteiger partial charge is 0.365 e. The molecule has 0 radical (unpaired) electrons. The quantitative estimate of drug-likeness (QED) is 0.809. The van der Waals surface area contributed by atoms with Crippen LogP contribution in [0, 0.1) is 17.8 Å². The Bertz CT molecular complexity index is 414. The van der Waals surface area contributed by atoms with Gasteiger partial charge in [0.2, 0.25) is 5.91 Å². The van der Waals surface area contributed by atoms with Crippen LogP contribution < -0.4 is 11.1 Å². The zero-order valence-corrected chi connectivity index (χ0v) is 15.5. The number of hydrogen-bond acceptors (Lipinski definition) is 3. The van der Waals surface area contributed by atoms with Gasteiger partial charge in [-0.1, -0.05) is 33.1 Å². The fourth-order valence-electron chi connectivity index (χ4n) is 5.36. The Labute approximate surface area is 147 Å². The molecule has 1 amide bonds. The average Bonchev–Trinajstić information content (AvgIpc) is 2.53. The molecule has 0 aromatic heterocycles. The fourth-order valence-corrected chi connectivity index (χ4v) is 5.36. The minimum atomic E-state index is -0.281. The number of carbonyl (C=O) groups excluding carboxylic acids is 1. The molecule has 0 aromatic rings. The molecule has 3 aliphatic carbocycles. The molecule has 4 nitrogen and oxygen atoms in total. The second-order valence-electron chi connectivity index (χ2n) is 8.64. The molecule has 4 heteroatoms. The molecule has 24 heavy (non-hydrogen) atoms. The smallest absolute Gasteiger partial charge is 0.249 e. The lowest BCUT2D eigenvalue weighted by molar-refractivity contribution is -0.141. The summed E-state index contributed by atoms with van der Waals surface area (Å²) in [5.74, 6) is 1.99. The van der Waals surface area contributed by atoms with E-state index in [1.807, 2.05) is 0 Å². The Morgan fingerprint density at radius 3 is 2.42 bits per heavy atom. The lowest BCUT2D eigenvalue weighted by atomic mass is 9.67. The van der Waals surface area contributed by atoms with Crippen LogP contribution in [0.5, 0.6) is 0 Å². The maximum absolute atomic E-state index is 12.8. The highest BCUT2D eigenvalue weighted by molar-refractivity contribution is 5.81. The maximum Gasteiger partial charge on any atom is 0.249 e. The van der Waals surface area contributed by atoms with Crippen molar-refractivity contribution < 1.29 is 9.53 Å². The van der Waals surface area contributed by atoms with Crippen LogP contribution in [0.4, 0.5) is 0 Å². The SMILES string of the molecule is CCC(OC1CCCC(C)C1)C(=O)NC1C2CCCC1CC(N)C2. The molecule has 0 aromatic carbocycles. The van der Waals surface area contributed by atoms with Gasteiger partial charge in [0.05, 0.1) is 6.10 Å². The van der Waals surface area contributed by atoms with Gasteiger partial charge in [-0.15, -0.1) is 0 Å².